The molecule has 0 aliphatic heterocycles. The first-order valence-corrected chi connectivity index (χ1v) is 7.38. The summed E-state index contributed by atoms with van der Waals surface area (Å²) in [4.78, 5) is 22.1. The molecular formula is C12H15BrN6O3. The second-order valence-electron chi connectivity index (χ2n) is 4.58. The third kappa shape index (κ3) is 3.50. The van der Waals surface area contributed by atoms with Gasteiger partial charge in [-0.1, -0.05) is 0 Å². The largest absolute Gasteiger partial charge is 0.404 e. The Morgan fingerprint density at radius 1 is 1.50 bits per heavy atom. The van der Waals surface area contributed by atoms with Gasteiger partial charge in [-0.05, 0) is 40.8 Å². The van der Waals surface area contributed by atoms with Crippen LogP contribution in [0.4, 0.5) is 5.82 Å². The van der Waals surface area contributed by atoms with Crippen molar-refractivity contribution in [3.05, 3.63) is 38.2 Å². The number of aryl methyl sites for hydroxylation is 1. The summed E-state index contributed by atoms with van der Waals surface area (Å²) in [6, 6.07) is 1.82. The smallest absolute Gasteiger partial charge is 0.358 e. The number of amides is 1. The molecule has 0 saturated carbocycles. The molecule has 22 heavy (non-hydrogen) atoms. The van der Waals surface area contributed by atoms with Crippen molar-refractivity contribution in [3.63, 3.8) is 0 Å². The zero-order valence-corrected chi connectivity index (χ0v) is 13.7. The Balaban J connectivity index is 1.97. The van der Waals surface area contributed by atoms with Crippen molar-refractivity contribution in [1.29, 1.82) is 0 Å². The highest BCUT2D eigenvalue weighted by Crippen LogP contribution is 2.26. The Kier molecular flexibility index (Phi) is 4.91. The SMILES string of the molecule is CCn1ccc(CNC(=O)Cn2nc([N+](=O)[O-])c(Br)c2C)n1. The number of halogens is 1. The van der Waals surface area contributed by atoms with Crippen LogP contribution < -0.4 is 5.32 Å². The molecule has 2 rings (SSSR count). The fourth-order valence-corrected chi connectivity index (χ4v) is 2.26. The predicted molar refractivity (Wildman–Crippen MR) is 81.1 cm³/mol. The van der Waals surface area contributed by atoms with E-state index in [1.165, 1.54) is 4.68 Å². The van der Waals surface area contributed by atoms with Gasteiger partial charge in [-0.15, -0.1) is 0 Å². The fourth-order valence-electron chi connectivity index (χ4n) is 1.83. The minimum Gasteiger partial charge on any atom is -0.358 e. The van der Waals surface area contributed by atoms with Crippen LogP contribution >= 0.6 is 15.9 Å². The molecule has 2 aromatic heterocycles. The van der Waals surface area contributed by atoms with Crippen LogP contribution in [0.3, 0.4) is 0 Å². The summed E-state index contributed by atoms with van der Waals surface area (Å²) in [5.74, 6) is -0.592. The van der Waals surface area contributed by atoms with Gasteiger partial charge < -0.3 is 15.4 Å². The molecule has 0 atom stereocenters. The molecule has 0 bridgehead atoms. The lowest BCUT2D eigenvalue weighted by Gasteiger charge is -2.02. The molecule has 0 aliphatic carbocycles. The minimum atomic E-state index is -0.594. The summed E-state index contributed by atoms with van der Waals surface area (Å²) in [5.41, 5.74) is 1.27. The zero-order valence-electron chi connectivity index (χ0n) is 12.1. The molecular weight excluding hydrogens is 356 g/mol. The van der Waals surface area contributed by atoms with Crippen molar-refractivity contribution in [3.8, 4) is 0 Å². The summed E-state index contributed by atoms with van der Waals surface area (Å²) in [5, 5.41) is 21.6. The van der Waals surface area contributed by atoms with Gasteiger partial charge in [0, 0.05) is 12.7 Å². The average Bonchev–Trinajstić information content (AvgIpc) is 3.05. The first-order chi connectivity index (χ1) is 10.4. The zero-order chi connectivity index (χ0) is 16.3. The van der Waals surface area contributed by atoms with Gasteiger partial charge in [-0.3, -0.25) is 9.48 Å². The third-order valence-corrected chi connectivity index (χ3v) is 4.00. The van der Waals surface area contributed by atoms with E-state index >= 15 is 0 Å². The number of aromatic nitrogens is 4. The lowest BCUT2D eigenvalue weighted by atomic mass is 10.4. The topological polar surface area (TPSA) is 108 Å². The molecule has 0 radical (unpaired) electrons. The summed E-state index contributed by atoms with van der Waals surface area (Å²) in [7, 11) is 0. The molecule has 9 nitrogen and oxygen atoms in total. The number of nitro groups is 1. The molecule has 0 aromatic carbocycles. The number of nitrogens with zero attached hydrogens (tertiary/aromatic N) is 5. The number of rotatable bonds is 6. The van der Waals surface area contributed by atoms with E-state index in [0.717, 1.165) is 12.2 Å². The van der Waals surface area contributed by atoms with Crippen LogP contribution in [0.2, 0.25) is 0 Å². The maximum atomic E-state index is 11.9. The molecule has 0 saturated heterocycles. The van der Waals surface area contributed by atoms with Crippen molar-refractivity contribution >= 4 is 27.7 Å². The van der Waals surface area contributed by atoms with E-state index in [2.05, 4.69) is 31.4 Å². The summed E-state index contributed by atoms with van der Waals surface area (Å²) in [6.45, 7) is 4.60. The van der Waals surface area contributed by atoms with Crippen molar-refractivity contribution in [2.45, 2.75) is 33.5 Å². The fraction of sp³-hybridized carbons (Fsp3) is 0.417. The monoisotopic (exact) mass is 370 g/mol. The van der Waals surface area contributed by atoms with E-state index in [1.807, 2.05) is 19.2 Å². The Labute approximate surface area is 134 Å². The lowest BCUT2D eigenvalue weighted by Crippen LogP contribution is -2.28. The molecule has 2 heterocycles. The highest BCUT2D eigenvalue weighted by molar-refractivity contribution is 9.10. The van der Waals surface area contributed by atoms with Gasteiger partial charge in [0.05, 0.1) is 23.0 Å². The third-order valence-electron chi connectivity index (χ3n) is 3.07. The van der Waals surface area contributed by atoms with Crippen molar-refractivity contribution < 1.29 is 9.72 Å². The standard InChI is InChI=1S/C12H15BrN6O3/c1-3-17-5-4-9(15-17)6-14-10(20)7-18-8(2)11(13)12(16-18)19(21)22/h4-5H,3,6-7H2,1-2H3,(H,14,20). The lowest BCUT2D eigenvalue weighted by molar-refractivity contribution is -0.390. The van der Waals surface area contributed by atoms with E-state index in [0.29, 0.717) is 12.2 Å². The minimum absolute atomic E-state index is 0.0905. The highest BCUT2D eigenvalue weighted by Gasteiger charge is 2.24. The first kappa shape index (κ1) is 16.1. The van der Waals surface area contributed by atoms with Gasteiger partial charge in [0.1, 0.15) is 11.0 Å². The Hall–Kier alpha value is -2.23. The van der Waals surface area contributed by atoms with Crippen LogP contribution in [-0.2, 0) is 24.4 Å². The summed E-state index contributed by atoms with van der Waals surface area (Å²) < 4.78 is 3.34. The van der Waals surface area contributed by atoms with E-state index in [4.69, 9.17) is 0 Å². The second kappa shape index (κ2) is 6.69. The van der Waals surface area contributed by atoms with Crippen molar-refractivity contribution in [2.75, 3.05) is 0 Å². The second-order valence-corrected chi connectivity index (χ2v) is 5.37. The van der Waals surface area contributed by atoms with E-state index in [-0.39, 0.29) is 22.7 Å². The molecule has 0 aliphatic rings. The van der Waals surface area contributed by atoms with Crippen LogP contribution in [-0.4, -0.2) is 30.4 Å². The van der Waals surface area contributed by atoms with Crippen molar-refractivity contribution in [2.24, 2.45) is 0 Å². The van der Waals surface area contributed by atoms with Gasteiger partial charge in [0.2, 0.25) is 5.91 Å². The van der Waals surface area contributed by atoms with Crippen LogP contribution in [0.5, 0.6) is 0 Å². The van der Waals surface area contributed by atoms with Crippen molar-refractivity contribution in [1.82, 2.24) is 24.9 Å². The molecule has 1 N–H and O–H groups in total. The van der Waals surface area contributed by atoms with Gasteiger partial charge in [0.15, 0.2) is 0 Å². The summed E-state index contributed by atoms with van der Waals surface area (Å²) in [6.07, 6.45) is 1.83. The molecule has 10 heteroatoms. The predicted octanol–water partition coefficient (Wildman–Crippen LogP) is 1.40. The summed E-state index contributed by atoms with van der Waals surface area (Å²) >= 11 is 3.11. The highest BCUT2D eigenvalue weighted by atomic mass is 79.9. The molecule has 1 amide bonds. The number of hydrogen-bond acceptors (Lipinski definition) is 5. The maximum absolute atomic E-state index is 11.9. The molecule has 0 spiro atoms. The first-order valence-electron chi connectivity index (χ1n) is 6.58. The Morgan fingerprint density at radius 2 is 2.23 bits per heavy atom. The van der Waals surface area contributed by atoms with Gasteiger partial charge in [-0.25, -0.2) is 0 Å². The van der Waals surface area contributed by atoms with Crippen LogP contribution in [0, 0.1) is 17.0 Å². The van der Waals surface area contributed by atoms with E-state index < -0.39 is 4.92 Å². The normalized spacial score (nSPS) is 10.7. The number of hydrogen-bond donors (Lipinski definition) is 1. The van der Waals surface area contributed by atoms with Gasteiger partial charge in [0.25, 0.3) is 0 Å². The maximum Gasteiger partial charge on any atom is 0.404 e. The molecule has 0 unspecified atom stereocenters. The molecule has 0 fully saturated rings. The van der Waals surface area contributed by atoms with Gasteiger partial charge >= 0.3 is 5.82 Å². The Morgan fingerprint density at radius 3 is 2.77 bits per heavy atom. The van der Waals surface area contributed by atoms with Crippen LogP contribution in [0.25, 0.3) is 0 Å². The quantitative estimate of drug-likeness (QED) is 0.610. The Bertz CT molecular complexity index is 708. The van der Waals surface area contributed by atoms with Gasteiger partial charge in [-0.2, -0.15) is 9.78 Å². The van der Waals surface area contributed by atoms with Crippen LogP contribution in [0.15, 0.2) is 16.7 Å². The van der Waals surface area contributed by atoms with Crippen LogP contribution in [0.1, 0.15) is 18.3 Å². The molecule has 118 valence electrons. The number of nitrogens with one attached hydrogen (secondary N) is 1. The van der Waals surface area contributed by atoms with E-state index in [9.17, 15) is 14.9 Å². The average molecular weight is 371 g/mol. The molecule has 2 aromatic rings. The number of carbonyl (C=O) groups excluding carboxylic acids is 1. The van der Waals surface area contributed by atoms with E-state index in [1.54, 1.807) is 11.6 Å². The number of carbonyl (C=O) groups is 1.